The molecule has 0 aliphatic carbocycles. The summed E-state index contributed by atoms with van der Waals surface area (Å²) >= 11 is 0. The minimum Gasteiger partial charge on any atom is -0.434 e. The molecule has 0 aliphatic rings. The topological polar surface area (TPSA) is 80.9 Å². The van der Waals surface area contributed by atoms with Gasteiger partial charge in [0.2, 0.25) is 0 Å². The first-order chi connectivity index (χ1) is 4.24. The second-order valence-corrected chi connectivity index (χ2v) is 2.46. The lowest BCUT2D eigenvalue weighted by molar-refractivity contribution is 0.259. The zero-order valence-corrected chi connectivity index (χ0v) is 5.19. The molecule has 0 aromatic rings. The number of rotatable bonds is 4. The highest BCUT2D eigenvalue weighted by atomic mass is 16.3. The molecule has 9 heavy (non-hydrogen) atoms. The first kappa shape index (κ1) is 8.90. The Kier molecular flexibility index (Phi) is 3.80. The van der Waals surface area contributed by atoms with E-state index in [0.29, 0.717) is 0 Å². The van der Waals surface area contributed by atoms with Gasteiger partial charge in [0.05, 0.1) is 0 Å². The molecule has 0 aliphatic heterocycles. The number of hydrogen-bond donors (Lipinski definition) is 4. The summed E-state index contributed by atoms with van der Waals surface area (Å²) in [6.07, 6.45) is -1.72. The van der Waals surface area contributed by atoms with Crippen molar-refractivity contribution in [1.82, 2.24) is 0 Å². The lowest BCUT2D eigenvalue weighted by Crippen LogP contribution is -2.52. The maximum Gasteiger partial charge on any atom is 0.109 e. The summed E-state index contributed by atoms with van der Waals surface area (Å²) in [5, 5.41) is 34.1. The van der Waals surface area contributed by atoms with Crippen LogP contribution in [0, 0.1) is 0 Å². The Labute approximate surface area is 53.7 Å². The molecule has 0 saturated carbocycles. The van der Waals surface area contributed by atoms with Crippen LogP contribution in [0.2, 0.25) is 0 Å². The molecule has 0 atom stereocenters. The van der Waals surface area contributed by atoms with Crippen molar-refractivity contribution < 1.29 is 20.4 Å². The van der Waals surface area contributed by atoms with Gasteiger partial charge in [-0.25, -0.2) is 0 Å². The van der Waals surface area contributed by atoms with E-state index in [2.05, 4.69) is 0 Å². The van der Waals surface area contributed by atoms with Gasteiger partial charge in [0.25, 0.3) is 0 Å². The van der Waals surface area contributed by atoms with E-state index in [1.807, 2.05) is 0 Å². The third-order valence-corrected chi connectivity index (χ3v) is 1.55. The molecule has 0 bridgehead atoms. The summed E-state index contributed by atoms with van der Waals surface area (Å²) < 4.78 is 0. The number of hydrogen-bond acceptors (Lipinski definition) is 4. The minimum atomic E-state index is -1.72. The van der Waals surface area contributed by atoms with Crippen LogP contribution in [-0.2, 0) is 0 Å². The fourth-order valence-corrected chi connectivity index (χ4v) is 0.346. The van der Waals surface area contributed by atoms with Crippen molar-refractivity contribution in [1.29, 1.82) is 0 Å². The maximum absolute atomic E-state index is 8.52. The first-order valence-electron chi connectivity index (χ1n) is 2.90. The van der Waals surface area contributed by atoms with Gasteiger partial charge in [-0.2, -0.15) is 0 Å². The third kappa shape index (κ3) is 1.94. The molecular weight excluding hydrogens is 123 g/mol. The van der Waals surface area contributed by atoms with Gasteiger partial charge in [0, 0.05) is 0 Å². The van der Waals surface area contributed by atoms with Crippen molar-refractivity contribution in [2.75, 3.05) is 26.0 Å². The fraction of sp³-hybridized carbons (Fsp3) is 1.00. The van der Waals surface area contributed by atoms with E-state index in [-0.39, 0.29) is 26.0 Å². The van der Waals surface area contributed by atoms with Gasteiger partial charge in [-0.05, 0) is 0 Å². The summed E-state index contributed by atoms with van der Waals surface area (Å²) in [6.45, 7) is -1.38. The Morgan fingerprint density at radius 3 is 0.889 bits per heavy atom. The van der Waals surface area contributed by atoms with Crippen LogP contribution in [0.1, 0.15) is 0 Å². The minimum absolute atomic E-state index is 0.344. The Morgan fingerprint density at radius 1 is 0.667 bits per heavy atom. The second kappa shape index (κ2) is 3.84. The van der Waals surface area contributed by atoms with Crippen LogP contribution < -0.4 is 0 Å². The van der Waals surface area contributed by atoms with Crippen molar-refractivity contribution in [3.63, 3.8) is 0 Å². The Bertz CT molecular complexity index is 55.5. The van der Waals surface area contributed by atoms with E-state index in [0.717, 1.165) is 0 Å². The SMILES string of the molecule is OC[B-](CO)(CO)CO. The van der Waals surface area contributed by atoms with E-state index in [1.165, 1.54) is 0 Å². The van der Waals surface area contributed by atoms with Gasteiger partial charge >= 0.3 is 0 Å². The smallest absolute Gasteiger partial charge is 0.109 e. The van der Waals surface area contributed by atoms with E-state index >= 15 is 0 Å². The van der Waals surface area contributed by atoms with Crippen LogP contribution >= 0.6 is 0 Å². The molecule has 0 aromatic heterocycles. The average Bonchev–Trinajstić information content (AvgIpc) is 1.95. The zero-order valence-electron chi connectivity index (χ0n) is 5.19. The predicted molar refractivity (Wildman–Crippen MR) is 34.1 cm³/mol. The highest BCUT2D eigenvalue weighted by Crippen LogP contribution is 1.96. The zero-order chi connectivity index (χ0) is 7.33. The van der Waals surface area contributed by atoms with Crippen LogP contribution in [-0.4, -0.2) is 52.6 Å². The molecule has 0 amide bonds. The van der Waals surface area contributed by atoms with Gasteiger partial charge in [-0.1, -0.05) is 26.0 Å². The number of aliphatic hydroxyl groups excluding tert-OH is 4. The van der Waals surface area contributed by atoms with Crippen molar-refractivity contribution in [2.45, 2.75) is 0 Å². The highest BCUT2D eigenvalue weighted by Gasteiger charge is 2.21. The summed E-state index contributed by atoms with van der Waals surface area (Å²) in [7, 11) is 0. The lowest BCUT2D eigenvalue weighted by Gasteiger charge is -2.28. The molecule has 0 rings (SSSR count). The van der Waals surface area contributed by atoms with E-state index in [1.54, 1.807) is 0 Å². The summed E-state index contributed by atoms with van der Waals surface area (Å²) in [5.74, 6) is 0. The lowest BCUT2D eigenvalue weighted by atomic mass is 9.27. The highest BCUT2D eigenvalue weighted by molar-refractivity contribution is 6.79. The van der Waals surface area contributed by atoms with Crippen LogP contribution in [0.4, 0.5) is 0 Å². The van der Waals surface area contributed by atoms with Gasteiger partial charge in [0.15, 0.2) is 0 Å². The quantitative estimate of drug-likeness (QED) is 0.323. The third-order valence-electron chi connectivity index (χ3n) is 1.55. The molecule has 4 N–H and O–H groups in total. The Hall–Kier alpha value is -0.0951. The molecule has 0 fully saturated rings. The van der Waals surface area contributed by atoms with Crippen LogP contribution in [0.15, 0.2) is 0 Å². The monoisotopic (exact) mass is 135 g/mol. The fourth-order valence-electron chi connectivity index (χ4n) is 0.346. The second-order valence-electron chi connectivity index (χ2n) is 2.46. The molecule has 56 valence electrons. The summed E-state index contributed by atoms with van der Waals surface area (Å²) in [6, 6.07) is 0. The van der Waals surface area contributed by atoms with E-state index < -0.39 is 6.15 Å². The van der Waals surface area contributed by atoms with Gasteiger partial charge in [-0.15, -0.1) is 0 Å². The normalized spacial score (nSPS) is 12.0. The van der Waals surface area contributed by atoms with E-state index in [9.17, 15) is 0 Å². The predicted octanol–water partition coefficient (Wildman–Crippen LogP) is -2.44. The Morgan fingerprint density at radius 2 is 0.889 bits per heavy atom. The standard InChI is InChI=1S/C4H12BO4/c6-1-5(2-7,3-8)4-9/h6-9H,1-4H2/q-1. The largest absolute Gasteiger partial charge is 0.434 e. The summed E-state index contributed by atoms with van der Waals surface area (Å²) in [4.78, 5) is 0. The average molecular weight is 135 g/mol. The molecule has 0 heterocycles. The van der Waals surface area contributed by atoms with Crippen molar-refractivity contribution in [3.05, 3.63) is 0 Å². The maximum atomic E-state index is 8.52. The summed E-state index contributed by atoms with van der Waals surface area (Å²) in [5.41, 5.74) is 0. The van der Waals surface area contributed by atoms with Gasteiger partial charge in [0.1, 0.15) is 6.15 Å². The Balaban J connectivity index is 3.82. The van der Waals surface area contributed by atoms with E-state index in [4.69, 9.17) is 20.4 Å². The molecule has 0 unspecified atom stereocenters. The van der Waals surface area contributed by atoms with Crippen molar-refractivity contribution >= 4 is 6.15 Å². The van der Waals surface area contributed by atoms with Crippen LogP contribution in [0.25, 0.3) is 0 Å². The number of aliphatic hydroxyl groups is 4. The molecule has 0 radical (unpaired) electrons. The van der Waals surface area contributed by atoms with Gasteiger partial charge in [-0.3, -0.25) is 0 Å². The van der Waals surface area contributed by atoms with Gasteiger partial charge < -0.3 is 20.4 Å². The molecule has 0 saturated heterocycles. The molecule has 0 aromatic carbocycles. The van der Waals surface area contributed by atoms with Crippen LogP contribution in [0.5, 0.6) is 0 Å². The first-order valence-corrected chi connectivity index (χ1v) is 2.90. The molecular formula is C4H12BO4-. The van der Waals surface area contributed by atoms with Crippen molar-refractivity contribution in [3.8, 4) is 0 Å². The molecule has 0 spiro atoms. The molecule has 5 heteroatoms. The van der Waals surface area contributed by atoms with Crippen LogP contribution in [0.3, 0.4) is 0 Å². The molecule has 4 nitrogen and oxygen atoms in total. The van der Waals surface area contributed by atoms with Crippen molar-refractivity contribution in [2.24, 2.45) is 0 Å².